The van der Waals surface area contributed by atoms with Crippen molar-refractivity contribution in [3.05, 3.63) is 47.0 Å². The fourth-order valence-corrected chi connectivity index (χ4v) is 2.73. The normalized spacial score (nSPS) is 10.4. The van der Waals surface area contributed by atoms with Crippen LogP contribution in [0.2, 0.25) is 0 Å². The SMILES string of the molecule is CCCNCCNC(=O)Cc1csc(NC(=O)c2ccccc2)n1. The first-order valence-electron chi connectivity index (χ1n) is 7.97. The van der Waals surface area contributed by atoms with Gasteiger partial charge < -0.3 is 10.6 Å². The van der Waals surface area contributed by atoms with E-state index in [-0.39, 0.29) is 18.2 Å². The summed E-state index contributed by atoms with van der Waals surface area (Å²) in [6.07, 6.45) is 1.29. The summed E-state index contributed by atoms with van der Waals surface area (Å²) in [5, 5.41) is 11.1. The van der Waals surface area contributed by atoms with Gasteiger partial charge in [-0.15, -0.1) is 11.3 Å². The van der Waals surface area contributed by atoms with Crippen LogP contribution in [0.15, 0.2) is 35.7 Å². The lowest BCUT2D eigenvalue weighted by Crippen LogP contribution is -2.33. The molecule has 1 heterocycles. The molecule has 0 saturated carbocycles. The first-order chi connectivity index (χ1) is 11.7. The lowest BCUT2D eigenvalue weighted by Gasteiger charge is -2.05. The van der Waals surface area contributed by atoms with Crippen molar-refractivity contribution >= 4 is 28.3 Å². The van der Waals surface area contributed by atoms with E-state index in [2.05, 4.69) is 27.9 Å². The van der Waals surface area contributed by atoms with Gasteiger partial charge in [0.15, 0.2) is 5.13 Å². The number of carbonyl (C=O) groups is 2. The van der Waals surface area contributed by atoms with E-state index in [1.807, 2.05) is 18.2 Å². The molecule has 0 saturated heterocycles. The monoisotopic (exact) mass is 346 g/mol. The minimum absolute atomic E-state index is 0.0699. The first-order valence-corrected chi connectivity index (χ1v) is 8.85. The van der Waals surface area contributed by atoms with E-state index >= 15 is 0 Å². The molecule has 1 aromatic carbocycles. The maximum absolute atomic E-state index is 12.0. The Balaban J connectivity index is 1.76. The highest BCUT2D eigenvalue weighted by Crippen LogP contribution is 2.16. The molecule has 2 rings (SSSR count). The van der Waals surface area contributed by atoms with E-state index in [4.69, 9.17) is 0 Å². The van der Waals surface area contributed by atoms with Crippen molar-refractivity contribution in [3.63, 3.8) is 0 Å². The van der Waals surface area contributed by atoms with Gasteiger partial charge in [0.1, 0.15) is 0 Å². The van der Waals surface area contributed by atoms with E-state index in [1.54, 1.807) is 17.5 Å². The zero-order valence-corrected chi connectivity index (χ0v) is 14.5. The van der Waals surface area contributed by atoms with Gasteiger partial charge in [-0.1, -0.05) is 25.1 Å². The summed E-state index contributed by atoms with van der Waals surface area (Å²) in [5.41, 5.74) is 1.23. The Morgan fingerprint density at radius 3 is 2.67 bits per heavy atom. The van der Waals surface area contributed by atoms with Gasteiger partial charge >= 0.3 is 0 Å². The maximum atomic E-state index is 12.0. The van der Waals surface area contributed by atoms with Crippen molar-refractivity contribution in [2.75, 3.05) is 25.0 Å². The van der Waals surface area contributed by atoms with Crippen LogP contribution in [0, 0.1) is 0 Å². The highest BCUT2D eigenvalue weighted by atomic mass is 32.1. The molecule has 2 aromatic rings. The third kappa shape index (κ3) is 6.10. The number of aromatic nitrogens is 1. The molecule has 24 heavy (non-hydrogen) atoms. The minimum Gasteiger partial charge on any atom is -0.354 e. The van der Waals surface area contributed by atoms with E-state index in [0.29, 0.717) is 22.9 Å². The van der Waals surface area contributed by atoms with Gasteiger partial charge in [-0.2, -0.15) is 0 Å². The minimum atomic E-state index is -0.206. The number of hydrogen-bond donors (Lipinski definition) is 3. The van der Waals surface area contributed by atoms with Crippen LogP contribution < -0.4 is 16.0 Å². The Morgan fingerprint density at radius 1 is 1.12 bits per heavy atom. The molecule has 6 nitrogen and oxygen atoms in total. The molecule has 128 valence electrons. The van der Waals surface area contributed by atoms with Crippen molar-refractivity contribution in [2.45, 2.75) is 19.8 Å². The third-order valence-electron chi connectivity index (χ3n) is 3.20. The highest BCUT2D eigenvalue weighted by molar-refractivity contribution is 7.14. The van der Waals surface area contributed by atoms with Crippen LogP contribution in [0.3, 0.4) is 0 Å². The lowest BCUT2D eigenvalue weighted by atomic mass is 10.2. The summed E-state index contributed by atoms with van der Waals surface area (Å²) >= 11 is 1.31. The highest BCUT2D eigenvalue weighted by Gasteiger charge is 2.10. The number of anilines is 1. The van der Waals surface area contributed by atoms with Crippen molar-refractivity contribution in [1.29, 1.82) is 0 Å². The Hall–Kier alpha value is -2.25. The smallest absolute Gasteiger partial charge is 0.257 e. The van der Waals surface area contributed by atoms with Gasteiger partial charge in [-0.3, -0.25) is 14.9 Å². The van der Waals surface area contributed by atoms with Gasteiger partial charge in [-0.25, -0.2) is 4.98 Å². The summed E-state index contributed by atoms with van der Waals surface area (Å²) in [5.74, 6) is -0.275. The average molecular weight is 346 g/mol. The second-order valence-electron chi connectivity index (χ2n) is 5.24. The predicted molar refractivity (Wildman–Crippen MR) is 96.4 cm³/mol. The molecule has 0 unspecified atom stereocenters. The van der Waals surface area contributed by atoms with Crippen LogP contribution in [0.5, 0.6) is 0 Å². The molecule has 0 spiro atoms. The zero-order chi connectivity index (χ0) is 17.2. The largest absolute Gasteiger partial charge is 0.354 e. The molecule has 0 aliphatic heterocycles. The van der Waals surface area contributed by atoms with E-state index in [9.17, 15) is 9.59 Å². The van der Waals surface area contributed by atoms with Crippen LogP contribution >= 0.6 is 11.3 Å². The van der Waals surface area contributed by atoms with E-state index in [0.717, 1.165) is 19.5 Å². The molecule has 0 fully saturated rings. The summed E-state index contributed by atoms with van der Waals surface area (Å²) in [7, 11) is 0. The molecule has 3 N–H and O–H groups in total. The molecule has 0 atom stereocenters. The van der Waals surface area contributed by atoms with Gasteiger partial charge in [0.2, 0.25) is 5.91 Å². The zero-order valence-electron chi connectivity index (χ0n) is 13.7. The molecular weight excluding hydrogens is 324 g/mol. The quantitative estimate of drug-likeness (QED) is 0.607. The molecule has 0 aliphatic carbocycles. The topological polar surface area (TPSA) is 83.1 Å². The second kappa shape index (κ2) is 9.79. The summed E-state index contributed by atoms with van der Waals surface area (Å²) in [6, 6.07) is 8.95. The molecule has 0 aliphatic rings. The first kappa shape index (κ1) is 18.1. The number of nitrogens with one attached hydrogen (secondary N) is 3. The maximum Gasteiger partial charge on any atom is 0.257 e. The molecule has 2 amide bonds. The van der Waals surface area contributed by atoms with Crippen molar-refractivity contribution < 1.29 is 9.59 Å². The standard InChI is InChI=1S/C17H22N4O2S/c1-2-8-18-9-10-19-15(22)11-14-12-24-17(20-14)21-16(23)13-6-4-3-5-7-13/h3-7,12,18H,2,8-11H2,1H3,(H,19,22)(H,20,21,23). The lowest BCUT2D eigenvalue weighted by molar-refractivity contribution is -0.120. The second-order valence-corrected chi connectivity index (χ2v) is 6.10. The van der Waals surface area contributed by atoms with Gasteiger partial charge in [0.25, 0.3) is 5.91 Å². The molecular formula is C17H22N4O2S. The van der Waals surface area contributed by atoms with Crippen LogP contribution in [0.25, 0.3) is 0 Å². The molecule has 0 bridgehead atoms. The Kier molecular flexibility index (Phi) is 7.38. The number of amides is 2. The van der Waals surface area contributed by atoms with Crippen LogP contribution in [-0.2, 0) is 11.2 Å². The van der Waals surface area contributed by atoms with Gasteiger partial charge in [0.05, 0.1) is 12.1 Å². The van der Waals surface area contributed by atoms with Crippen molar-refractivity contribution in [2.24, 2.45) is 0 Å². The Morgan fingerprint density at radius 2 is 1.92 bits per heavy atom. The summed E-state index contributed by atoms with van der Waals surface area (Å²) in [4.78, 5) is 28.2. The molecule has 1 aromatic heterocycles. The van der Waals surface area contributed by atoms with E-state index in [1.165, 1.54) is 11.3 Å². The van der Waals surface area contributed by atoms with Gasteiger partial charge in [-0.05, 0) is 25.1 Å². The fraction of sp³-hybridized carbons (Fsp3) is 0.353. The van der Waals surface area contributed by atoms with Crippen LogP contribution in [-0.4, -0.2) is 36.4 Å². The van der Waals surface area contributed by atoms with Crippen LogP contribution in [0.1, 0.15) is 29.4 Å². The third-order valence-corrected chi connectivity index (χ3v) is 4.01. The van der Waals surface area contributed by atoms with Crippen LogP contribution in [0.4, 0.5) is 5.13 Å². The number of nitrogens with zero attached hydrogens (tertiary/aromatic N) is 1. The Bertz CT molecular complexity index is 658. The van der Waals surface area contributed by atoms with E-state index < -0.39 is 0 Å². The molecule has 0 radical (unpaired) electrons. The predicted octanol–water partition coefficient (Wildman–Crippen LogP) is 2.05. The number of carbonyl (C=O) groups excluding carboxylic acids is 2. The van der Waals surface area contributed by atoms with Crippen molar-refractivity contribution in [1.82, 2.24) is 15.6 Å². The van der Waals surface area contributed by atoms with Gasteiger partial charge in [0, 0.05) is 24.0 Å². The summed E-state index contributed by atoms with van der Waals surface area (Å²) < 4.78 is 0. The Labute approximate surface area is 145 Å². The number of thiazole rings is 1. The number of rotatable bonds is 9. The number of hydrogen-bond acceptors (Lipinski definition) is 5. The fourth-order valence-electron chi connectivity index (χ4n) is 2.02. The average Bonchev–Trinajstić information content (AvgIpc) is 3.02. The molecule has 7 heteroatoms. The number of benzene rings is 1. The van der Waals surface area contributed by atoms with Crippen molar-refractivity contribution in [3.8, 4) is 0 Å². The summed E-state index contributed by atoms with van der Waals surface area (Å²) in [6.45, 7) is 4.41.